The SMILES string of the molecule is Cc1c(-c2ccc3c(c2)c2ccncc2n3-c2ccccc2)cc(-c2cccc3ccccc23)c2sc3c(-c4ccc(-c5ccc6c(c5)C(C)(C)c5ccccc5-6)c5ccccc45)cc(-c4ccccc4)c(C)c3c12. The molecule has 0 fully saturated rings. The summed E-state index contributed by atoms with van der Waals surface area (Å²) in [6.45, 7) is 9.48. The van der Waals surface area contributed by atoms with Gasteiger partial charge in [0.2, 0.25) is 0 Å². The Balaban J connectivity index is 1.01. The minimum atomic E-state index is -0.0870. The molecule has 0 aliphatic heterocycles. The summed E-state index contributed by atoms with van der Waals surface area (Å²) in [5.41, 5.74) is 23.8. The summed E-state index contributed by atoms with van der Waals surface area (Å²) in [5, 5.41) is 10.1. The standard InChI is InChI=1S/C72H50N2S/c1-43-59(46-18-7-5-8-19-46)40-63(55-34-33-51(52-25-13-14-26-54(52)55)48-30-32-57-56-27-15-16-29-64(56)72(3,4)65(57)39-48)71-68(43)69-44(2)60(41-62(70(69)75-71)53-28-17-21-45-20-11-12-24-50(45)53)47-31-35-66-61(38-47)58-36-37-73-42-67(58)74(66)49-22-9-6-10-23-49/h5-42H,1-4H3. The Labute approximate surface area is 440 Å². The van der Waals surface area contributed by atoms with E-state index in [1.54, 1.807) is 0 Å². The van der Waals surface area contributed by atoms with E-state index >= 15 is 0 Å². The number of hydrogen-bond acceptors (Lipinski definition) is 2. The van der Waals surface area contributed by atoms with Crippen LogP contribution in [-0.4, -0.2) is 9.55 Å². The maximum absolute atomic E-state index is 4.62. The maximum atomic E-state index is 4.62. The second-order valence-corrected chi connectivity index (χ2v) is 22.0. The van der Waals surface area contributed by atoms with Crippen LogP contribution in [0.25, 0.3) is 136 Å². The molecule has 11 aromatic carbocycles. The van der Waals surface area contributed by atoms with Crippen LogP contribution in [0.4, 0.5) is 0 Å². The van der Waals surface area contributed by atoms with Crippen molar-refractivity contribution in [1.29, 1.82) is 0 Å². The zero-order valence-corrected chi connectivity index (χ0v) is 43.1. The minimum absolute atomic E-state index is 0.0870. The number of rotatable bonds is 6. The van der Waals surface area contributed by atoms with Gasteiger partial charge < -0.3 is 4.57 Å². The fourth-order valence-electron chi connectivity index (χ4n) is 13.1. The van der Waals surface area contributed by atoms with Crippen molar-refractivity contribution in [2.75, 3.05) is 0 Å². The van der Waals surface area contributed by atoms with Crippen LogP contribution < -0.4 is 0 Å². The monoisotopic (exact) mass is 974 g/mol. The minimum Gasteiger partial charge on any atom is -0.308 e. The van der Waals surface area contributed by atoms with Crippen LogP contribution in [0.3, 0.4) is 0 Å². The molecule has 0 N–H and O–H groups in total. The molecule has 1 aliphatic carbocycles. The highest BCUT2D eigenvalue weighted by Gasteiger charge is 2.35. The van der Waals surface area contributed by atoms with Gasteiger partial charge in [-0.05, 0) is 162 Å². The lowest BCUT2D eigenvalue weighted by Gasteiger charge is -2.22. The van der Waals surface area contributed by atoms with Gasteiger partial charge in [0.25, 0.3) is 0 Å². The first-order chi connectivity index (χ1) is 36.8. The average Bonchev–Trinajstić information content (AvgIpc) is 4.11. The smallest absolute Gasteiger partial charge is 0.0724 e. The Morgan fingerprint density at radius 3 is 1.71 bits per heavy atom. The molecule has 3 aromatic heterocycles. The molecular weight excluding hydrogens is 925 g/mol. The molecular formula is C72H50N2S. The Bertz CT molecular complexity index is 4680. The summed E-state index contributed by atoms with van der Waals surface area (Å²) < 4.78 is 4.98. The fourth-order valence-corrected chi connectivity index (χ4v) is 14.5. The van der Waals surface area contributed by atoms with Crippen molar-refractivity contribution in [1.82, 2.24) is 9.55 Å². The van der Waals surface area contributed by atoms with Gasteiger partial charge >= 0.3 is 0 Å². The van der Waals surface area contributed by atoms with E-state index in [0.29, 0.717) is 0 Å². The second-order valence-electron chi connectivity index (χ2n) is 21.0. The number of para-hydroxylation sites is 1. The number of fused-ring (bicyclic) bond motifs is 11. The quantitative estimate of drug-likeness (QED) is 0.162. The van der Waals surface area contributed by atoms with E-state index < -0.39 is 0 Å². The molecule has 1 aliphatic rings. The summed E-state index contributed by atoms with van der Waals surface area (Å²) in [5.74, 6) is 0. The molecule has 0 unspecified atom stereocenters. The van der Waals surface area contributed by atoms with E-state index in [1.165, 1.54) is 147 Å². The molecule has 0 atom stereocenters. The van der Waals surface area contributed by atoms with Crippen LogP contribution in [0.5, 0.6) is 0 Å². The molecule has 0 amide bonds. The summed E-state index contributed by atoms with van der Waals surface area (Å²) in [7, 11) is 0. The lowest BCUT2D eigenvalue weighted by molar-refractivity contribution is 0.660. The number of benzene rings is 11. The third-order valence-corrected chi connectivity index (χ3v) is 18.0. The van der Waals surface area contributed by atoms with Crippen molar-refractivity contribution in [2.24, 2.45) is 0 Å². The van der Waals surface area contributed by atoms with Gasteiger partial charge in [0.15, 0.2) is 0 Å². The topological polar surface area (TPSA) is 17.8 Å². The van der Waals surface area contributed by atoms with Crippen molar-refractivity contribution >= 4 is 74.9 Å². The van der Waals surface area contributed by atoms with Crippen LogP contribution in [0.2, 0.25) is 0 Å². The zero-order valence-electron chi connectivity index (χ0n) is 42.2. The maximum Gasteiger partial charge on any atom is 0.0724 e. The zero-order chi connectivity index (χ0) is 50.1. The van der Waals surface area contributed by atoms with E-state index in [1.807, 2.05) is 23.7 Å². The Morgan fingerprint density at radius 1 is 0.373 bits per heavy atom. The van der Waals surface area contributed by atoms with Crippen LogP contribution in [0.1, 0.15) is 36.1 Å². The van der Waals surface area contributed by atoms with E-state index in [-0.39, 0.29) is 5.41 Å². The van der Waals surface area contributed by atoms with Gasteiger partial charge in [-0.1, -0.05) is 184 Å². The number of aromatic nitrogens is 2. The molecule has 0 saturated heterocycles. The van der Waals surface area contributed by atoms with Crippen molar-refractivity contribution in [3.63, 3.8) is 0 Å². The molecule has 3 heterocycles. The number of hydrogen-bond donors (Lipinski definition) is 0. The van der Waals surface area contributed by atoms with Crippen molar-refractivity contribution in [3.05, 3.63) is 253 Å². The molecule has 0 bridgehead atoms. The third-order valence-electron chi connectivity index (χ3n) is 16.7. The van der Waals surface area contributed by atoms with Crippen LogP contribution in [0.15, 0.2) is 231 Å². The normalized spacial score (nSPS) is 12.9. The van der Waals surface area contributed by atoms with Crippen molar-refractivity contribution in [2.45, 2.75) is 33.1 Å². The summed E-state index contributed by atoms with van der Waals surface area (Å²) in [4.78, 5) is 4.62. The highest BCUT2D eigenvalue weighted by atomic mass is 32.1. The Morgan fingerprint density at radius 2 is 0.933 bits per heavy atom. The third kappa shape index (κ3) is 6.48. The number of pyridine rings is 1. The largest absolute Gasteiger partial charge is 0.308 e. The van der Waals surface area contributed by atoms with Gasteiger partial charge in [0.1, 0.15) is 0 Å². The number of nitrogens with zero attached hydrogens (tertiary/aromatic N) is 2. The van der Waals surface area contributed by atoms with Gasteiger partial charge in [-0.25, -0.2) is 0 Å². The average molecular weight is 975 g/mol. The molecule has 0 saturated carbocycles. The molecule has 75 heavy (non-hydrogen) atoms. The van der Waals surface area contributed by atoms with E-state index in [9.17, 15) is 0 Å². The van der Waals surface area contributed by atoms with Gasteiger partial charge in [-0.2, -0.15) is 0 Å². The van der Waals surface area contributed by atoms with Crippen LogP contribution in [0, 0.1) is 13.8 Å². The van der Waals surface area contributed by atoms with Gasteiger partial charge in [0.05, 0.1) is 17.2 Å². The van der Waals surface area contributed by atoms with Gasteiger partial charge in [-0.15, -0.1) is 11.3 Å². The van der Waals surface area contributed by atoms with Crippen molar-refractivity contribution in [3.8, 4) is 72.4 Å². The van der Waals surface area contributed by atoms with Crippen LogP contribution in [-0.2, 0) is 5.41 Å². The molecule has 354 valence electrons. The highest BCUT2D eigenvalue weighted by molar-refractivity contribution is 7.27. The molecule has 3 heteroatoms. The van der Waals surface area contributed by atoms with Crippen LogP contribution >= 0.6 is 11.3 Å². The first-order valence-electron chi connectivity index (χ1n) is 26.1. The van der Waals surface area contributed by atoms with E-state index in [2.05, 4.69) is 256 Å². The lowest BCUT2D eigenvalue weighted by atomic mass is 9.81. The highest BCUT2D eigenvalue weighted by Crippen LogP contribution is 2.54. The fraction of sp³-hybridized carbons (Fsp3) is 0.0694. The molecule has 0 spiro atoms. The lowest BCUT2D eigenvalue weighted by Crippen LogP contribution is -2.14. The molecule has 15 rings (SSSR count). The summed E-state index contributed by atoms with van der Waals surface area (Å²) in [6.07, 6.45) is 3.93. The predicted molar refractivity (Wildman–Crippen MR) is 321 cm³/mol. The number of thiophene rings is 1. The van der Waals surface area contributed by atoms with E-state index in [4.69, 9.17) is 0 Å². The Kier molecular flexibility index (Phi) is 9.64. The van der Waals surface area contributed by atoms with Gasteiger partial charge in [-0.3, -0.25) is 4.98 Å². The molecule has 0 radical (unpaired) electrons. The Hall–Kier alpha value is -8.89. The van der Waals surface area contributed by atoms with Gasteiger partial charge in [0, 0.05) is 59.4 Å². The first kappa shape index (κ1) is 43.7. The second kappa shape index (κ2) is 16.6. The summed E-state index contributed by atoms with van der Waals surface area (Å²) in [6, 6.07) is 81.6. The predicted octanol–water partition coefficient (Wildman–Crippen LogP) is 20.1. The van der Waals surface area contributed by atoms with E-state index in [0.717, 1.165) is 11.2 Å². The summed E-state index contributed by atoms with van der Waals surface area (Å²) >= 11 is 1.96. The van der Waals surface area contributed by atoms with Crippen molar-refractivity contribution < 1.29 is 0 Å². The first-order valence-corrected chi connectivity index (χ1v) is 26.9. The number of aryl methyl sites for hydroxylation is 2. The molecule has 2 nitrogen and oxygen atoms in total. The molecule has 14 aromatic rings.